The molecule has 0 spiro atoms. The lowest BCUT2D eigenvalue weighted by molar-refractivity contribution is 0.400. The van der Waals surface area contributed by atoms with Crippen LogP contribution in [0.4, 0.5) is 0 Å². The zero-order valence-electron chi connectivity index (χ0n) is 8.84. The molecule has 1 aromatic carbocycles. The van der Waals surface area contributed by atoms with Crippen molar-refractivity contribution in [3.63, 3.8) is 0 Å². The minimum absolute atomic E-state index is 0.202. The van der Waals surface area contributed by atoms with E-state index in [0.717, 1.165) is 18.6 Å². The van der Waals surface area contributed by atoms with Crippen LogP contribution in [0.2, 0.25) is 0 Å². The Morgan fingerprint density at radius 1 is 1.43 bits per heavy atom. The molecule has 2 nitrogen and oxygen atoms in total. The Hall–Kier alpha value is -1.02. The van der Waals surface area contributed by atoms with Crippen LogP contribution in [0.1, 0.15) is 35.6 Å². The van der Waals surface area contributed by atoms with E-state index in [2.05, 4.69) is 19.1 Å². The second-order valence-electron chi connectivity index (χ2n) is 3.98. The second-order valence-corrected chi connectivity index (χ2v) is 3.98. The van der Waals surface area contributed by atoms with Crippen LogP contribution in [0, 0.1) is 6.92 Å². The molecular weight excluding hydrogens is 174 g/mol. The summed E-state index contributed by atoms with van der Waals surface area (Å²) < 4.78 is 5.44. The Morgan fingerprint density at radius 2 is 2.21 bits per heavy atom. The van der Waals surface area contributed by atoms with Gasteiger partial charge in [-0.2, -0.15) is 0 Å². The largest absolute Gasteiger partial charge is 0.496 e. The number of hydrogen-bond acceptors (Lipinski definition) is 2. The number of ether oxygens (including phenoxy) is 1. The molecule has 1 aromatic rings. The van der Waals surface area contributed by atoms with Gasteiger partial charge in [-0.15, -0.1) is 0 Å². The van der Waals surface area contributed by atoms with Crippen molar-refractivity contribution in [1.82, 2.24) is 0 Å². The standard InChI is InChI=1S/C12H17NO/c1-8-6-7-9-10(12(8)14-2)4-3-5-11(9)13/h6-7,11H,3-5,13H2,1-2H3. The predicted molar refractivity (Wildman–Crippen MR) is 57.6 cm³/mol. The maximum Gasteiger partial charge on any atom is 0.125 e. The maximum absolute atomic E-state index is 6.06. The summed E-state index contributed by atoms with van der Waals surface area (Å²) in [5.74, 6) is 1.04. The minimum Gasteiger partial charge on any atom is -0.496 e. The van der Waals surface area contributed by atoms with Crippen molar-refractivity contribution in [2.24, 2.45) is 5.73 Å². The molecule has 1 unspecified atom stereocenters. The number of rotatable bonds is 1. The van der Waals surface area contributed by atoms with E-state index < -0.39 is 0 Å². The average Bonchev–Trinajstić information content (AvgIpc) is 2.18. The minimum atomic E-state index is 0.202. The molecular formula is C12H17NO. The van der Waals surface area contributed by atoms with Gasteiger partial charge in [0, 0.05) is 6.04 Å². The molecule has 0 aromatic heterocycles. The Kier molecular flexibility index (Phi) is 2.46. The van der Waals surface area contributed by atoms with Gasteiger partial charge in [-0.1, -0.05) is 12.1 Å². The molecule has 1 atom stereocenters. The smallest absolute Gasteiger partial charge is 0.125 e. The fourth-order valence-corrected chi connectivity index (χ4v) is 2.30. The van der Waals surface area contributed by atoms with Gasteiger partial charge in [0.05, 0.1) is 7.11 Å². The molecule has 0 aliphatic heterocycles. The van der Waals surface area contributed by atoms with Crippen LogP contribution in [0.15, 0.2) is 12.1 Å². The van der Waals surface area contributed by atoms with Crippen molar-refractivity contribution in [3.8, 4) is 5.75 Å². The normalized spacial score (nSPS) is 20.4. The van der Waals surface area contributed by atoms with Gasteiger partial charge in [0.25, 0.3) is 0 Å². The Labute approximate surface area is 85.1 Å². The van der Waals surface area contributed by atoms with Gasteiger partial charge < -0.3 is 10.5 Å². The van der Waals surface area contributed by atoms with Crippen LogP contribution in [0.25, 0.3) is 0 Å². The lowest BCUT2D eigenvalue weighted by Crippen LogP contribution is -2.18. The summed E-state index contributed by atoms with van der Waals surface area (Å²) in [4.78, 5) is 0. The van der Waals surface area contributed by atoms with E-state index in [1.54, 1.807) is 7.11 Å². The fraction of sp³-hybridized carbons (Fsp3) is 0.500. The topological polar surface area (TPSA) is 35.2 Å². The van der Waals surface area contributed by atoms with Crippen LogP contribution in [0.5, 0.6) is 5.75 Å². The van der Waals surface area contributed by atoms with Gasteiger partial charge in [-0.3, -0.25) is 0 Å². The van der Waals surface area contributed by atoms with Crippen molar-refractivity contribution in [2.45, 2.75) is 32.2 Å². The molecule has 0 amide bonds. The number of benzene rings is 1. The molecule has 76 valence electrons. The van der Waals surface area contributed by atoms with Gasteiger partial charge in [-0.05, 0) is 42.9 Å². The van der Waals surface area contributed by atoms with Gasteiger partial charge >= 0.3 is 0 Å². The van der Waals surface area contributed by atoms with Crippen LogP contribution in [-0.4, -0.2) is 7.11 Å². The molecule has 0 bridgehead atoms. The van der Waals surface area contributed by atoms with Crippen LogP contribution in [-0.2, 0) is 6.42 Å². The molecule has 2 N–H and O–H groups in total. The first-order valence-corrected chi connectivity index (χ1v) is 5.16. The van der Waals surface area contributed by atoms with Crippen LogP contribution in [0.3, 0.4) is 0 Å². The highest BCUT2D eigenvalue weighted by molar-refractivity contribution is 5.48. The van der Waals surface area contributed by atoms with Crippen LogP contribution < -0.4 is 10.5 Å². The van der Waals surface area contributed by atoms with Crippen molar-refractivity contribution < 1.29 is 4.74 Å². The SMILES string of the molecule is COc1c(C)ccc2c1CCCC2N. The molecule has 1 aliphatic carbocycles. The summed E-state index contributed by atoms with van der Waals surface area (Å²) in [5.41, 5.74) is 9.87. The molecule has 2 rings (SSSR count). The molecule has 0 saturated heterocycles. The maximum atomic E-state index is 6.06. The Morgan fingerprint density at radius 3 is 2.93 bits per heavy atom. The predicted octanol–water partition coefficient (Wildman–Crippen LogP) is 2.34. The first-order chi connectivity index (χ1) is 6.74. The molecule has 0 radical (unpaired) electrons. The summed E-state index contributed by atoms with van der Waals surface area (Å²) in [7, 11) is 1.74. The number of methoxy groups -OCH3 is 1. The van der Waals surface area contributed by atoms with E-state index in [-0.39, 0.29) is 6.04 Å². The van der Waals surface area contributed by atoms with Gasteiger partial charge in [-0.25, -0.2) is 0 Å². The molecule has 0 saturated carbocycles. The quantitative estimate of drug-likeness (QED) is 0.739. The molecule has 14 heavy (non-hydrogen) atoms. The Balaban J connectivity index is 2.55. The van der Waals surface area contributed by atoms with Crippen molar-refractivity contribution >= 4 is 0 Å². The van der Waals surface area contributed by atoms with E-state index in [4.69, 9.17) is 10.5 Å². The molecule has 0 heterocycles. The molecule has 0 fully saturated rings. The first kappa shape index (κ1) is 9.53. The Bertz CT molecular complexity index is 346. The van der Waals surface area contributed by atoms with E-state index in [1.807, 2.05) is 0 Å². The zero-order chi connectivity index (χ0) is 10.1. The monoisotopic (exact) mass is 191 g/mol. The highest BCUT2D eigenvalue weighted by atomic mass is 16.5. The van der Waals surface area contributed by atoms with E-state index in [9.17, 15) is 0 Å². The number of fused-ring (bicyclic) bond motifs is 1. The lowest BCUT2D eigenvalue weighted by Gasteiger charge is -2.24. The van der Waals surface area contributed by atoms with E-state index >= 15 is 0 Å². The number of aryl methyl sites for hydroxylation is 1. The third-order valence-electron chi connectivity index (χ3n) is 3.04. The molecule has 2 heteroatoms. The highest BCUT2D eigenvalue weighted by Gasteiger charge is 2.20. The highest BCUT2D eigenvalue weighted by Crippen LogP contribution is 2.35. The van der Waals surface area contributed by atoms with Crippen molar-refractivity contribution in [3.05, 3.63) is 28.8 Å². The fourth-order valence-electron chi connectivity index (χ4n) is 2.30. The van der Waals surface area contributed by atoms with Gasteiger partial charge in [0.1, 0.15) is 5.75 Å². The zero-order valence-corrected chi connectivity index (χ0v) is 8.84. The molecule has 1 aliphatic rings. The van der Waals surface area contributed by atoms with Gasteiger partial charge in [0.2, 0.25) is 0 Å². The summed E-state index contributed by atoms with van der Waals surface area (Å²) in [5, 5.41) is 0. The van der Waals surface area contributed by atoms with Gasteiger partial charge in [0.15, 0.2) is 0 Å². The number of hydrogen-bond donors (Lipinski definition) is 1. The lowest BCUT2D eigenvalue weighted by atomic mass is 9.86. The summed E-state index contributed by atoms with van der Waals surface area (Å²) in [6.07, 6.45) is 3.38. The summed E-state index contributed by atoms with van der Waals surface area (Å²) in [6, 6.07) is 4.45. The average molecular weight is 191 g/mol. The number of nitrogens with two attached hydrogens (primary N) is 1. The second kappa shape index (κ2) is 3.62. The summed E-state index contributed by atoms with van der Waals surface area (Å²) in [6.45, 7) is 2.08. The van der Waals surface area contributed by atoms with E-state index in [1.165, 1.54) is 23.1 Å². The third kappa shape index (κ3) is 1.40. The summed E-state index contributed by atoms with van der Waals surface area (Å²) >= 11 is 0. The first-order valence-electron chi connectivity index (χ1n) is 5.16. The van der Waals surface area contributed by atoms with Crippen molar-refractivity contribution in [1.29, 1.82) is 0 Å². The third-order valence-corrected chi connectivity index (χ3v) is 3.04. The van der Waals surface area contributed by atoms with Crippen molar-refractivity contribution in [2.75, 3.05) is 7.11 Å². The van der Waals surface area contributed by atoms with E-state index in [0.29, 0.717) is 0 Å². The van der Waals surface area contributed by atoms with Crippen LogP contribution >= 0.6 is 0 Å².